The first-order valence-corrected chi connectivity index (χ1v) is 9.74. The van der Waals surface area contributed by atoms with Crippen LogP contribution in [0.4, 0.5) is 35.1 Å². The molecule has 1 amide bonds. The maximum atomic E-state index is 14.8. The van der Waals surface area contributed by atoms with Gasteiger partial charge in [-0.05, 0) is 35.9 Å². The van der Waals surface area contributed by atoms with E-state index in [9.17, 15) is 39.9 Å². The van der Waals surface area contributed by atoms with E-state index in [2.05, 4.69) is 4.98 Å². The number of carbonyl (C=O) groups is 1. The Kier molecular flexibility index (Phi) is 6.88. The van der Waals surface area contributed by atoms with Gasteiger partial charge in [-0.15, -0.1) is 0 Å². The van der Waals surface area contributed by atoms with Crippen molar-refractivity contribution in [2.24, 2.45) is 0 Å². The van der Waals surface area contributed by atoms with E-state index in [4.69, 9.17) is 11.6 Å². The molecular formula is C22H13ClF8N2O. The lowest BCUT2D eigenvalue weighted by Crippen LogP contribution is -2.37. The number of benzene rings is 2. The number of carbonyl (C=O) groups excluding carboxylic acids is 1. The molecule has 1 N–H and O–H groups in total. The molecule has 0 aliphatic heterocycles. The molecule has 0 saturated carbocycles. The van der Waals surface area contributed by atoms with Gasteiger partial charge >= 0.3 is 12.4 Å². The van der Waals surface area contributed by atoms with Gasteiger partial charge in [-0.1, -0.05) is 35.9 Å². The fourth-order valence-electron chi connectivity index (χ4n) is 3.13. The quantitative estimate of drug-likeness (QED) is 0.299. The van der Waals surface area contributed by atoms with Gasteiger partial charge in [-0.2, -0.15) is 35.1 Å². The van der Waals surface area contributed by atoms with E-state index in [-0.39, 0.29) is 16.3 Å². The number of pyridine rings is 1. The molecule has 0 unspecified atom stereocenters. The van der Waals surface area contributed by atoms with Crippen LogP contribution in [0.15, 0.2) is 60.8 Å². The molecule has 0 radical (unpaired) electrons. The third kappa shape index (κ3) is 5.64. The van der Waals surface area contributed by atoms with Crippen molar-refractivity contribution in [3.8, 4) is 11.1 Å². The molecule has 2 aromatic carbocycles. The van der Waals surface area contributed by atoms with Gasteiger partial charge in [0.2, 0.25) is 0 Å². The molecule has 1 aromatic heterocycles. The SMILES string of the molecule is O=C(NCC(F)(F)c1ccc(-c2ccc(Cl)nc2)cc1C(F)(F)F)c1ccccc1C(F)(F)F. The zero-order chi connectivity index (χ0) is 25.3. The second-order valence-corrected chi connectivity index (χ2v) is 7.45. The highest BCUT2D eigenvalue weighted by Gasteiger charge is 2.43. The molecule has 180 valence electrons. The van der Waals surface area contributed by atoms with E-state index < -0.39 is 53.0 Å². The van der Waals surface area contributed by atoms with Crippen LogP contribution in [-0.2, 0) is 18.3 Å². The topological polar surface area (TPSA) is 42.0 Å². The first-order valence-electron chi connectivity index (χ1n) is 9.36. The fraction of sp³-hybridized carbons (Fsp3) is 0.182. The van der Waals surface area contributed by atoms with Gasteiger partial charge in [-0.25, -0.2) is 4.98 Å². The molecule has 0 spiro atoms. The number of hydrogen-bond donors (Lipinski definition) is 1. The molecule has 3 rings (SSSR count). The largest absolute Gasteiger partial charge is 0.417 e. The first kappa shape index (κ1) is 25.4. The van der Waals surface area contributed by atoms with Gasteiger partial charge in [-0.3, -0.25) is 4.79 Å². The van der Waals surface area contributed by atoms with Crippen molar-refractivity contribution in [1.82, 2.24) is 10.3 Å². The Bertz CT molecular complexity index is 1190. The lowest BCUT2D eigenvalue weighted by Gasteiger charge is -2.23. The number of nitrogens with one attached hydrogen (secondary N) is 1. The molecule has 0 fully saturated rings. The predicted octanol–water partition coefficient (Wildman–Crippen LogP) is 6.96. The van der Waals surface area contributed by atoms with Crippen LogP contribution in [0, 0.1) is 0 Å². The van der Waals surface area contributed by atoms with Gasteiger partial charge in [0.25, 0.3) is 11.8 Å². The number of rotatable bonds is 5. The zero-order valence-corrected chi connectivity index (χ0v) is 17.5. The molecule has 0 saturated heterocycles. The summed E-state index contributed by atoms with van der Waals surface area (Å²) in [4.78, 5) is 15.9. The van der Waals surface area contributed by atoms with Crippen molar-refractivity contribution in [3.63, 3.8) is 0 Å². The average molecular weight is 509 g/mol. The maximum absolute atomic E-state index is 14.8. The van der Waals surface area contributed by atoms with Crippen molar-refractivity contribution >= 4 is 17.5 Å². The van der Waals surface area contributed by atoms with E-state index in [1.165, 1.54) is 12.1 Å². The van der Waals surface area contributed by atoms with Crippen LogP contribution in [0.25, 0.3) is 11.1 Å². The molecule has 1 heterocycles. The third-order valence-electron chi connectivity index (χ3n) is 4.73. The van der Waals surface area contributed by atoms with E-state index in [1.54, 1.807) is 5.32 Å². The first-order chi connectivity index (χ1) is 15.7. The highest BCUT2D eigenvalue weighted by Crippen LogP contribution is 2.41. The smallest absolute Gasteiger partial charge is 0.346 e. The minimum atomic E-state index is -5.19. The highest BCUT2D eigenvalue weighted by atomic mass is 35.5. The summed E-state index contributed by atoms with van der Waals surface area (Å²) in [5.74, 6) is -5.77. The molecule has 3 nitrogen and oxygen atoms in total. The average Bonchev–Trinajstić information content (AvgIpc) is 2.76. The van der Waals surface area contributed by atoms with Gasteiger partial charge in [0.1, 0.15) is 5.15 Å². The van der Waals surface area contributed by atoms with Crippen molar-refractivity contribution < 1.29 is 39.9 Å². The Morgan fingerprint density at radius 1 is 0.794 bits per heavy atom. The van der Waals surface area contributed by atoms with Crippen LogP contribution in [0.1, 0.15) is 27.0 Å². The molecule has 0 bridgehead atoms. The summed E-state index contributed by atoms with van der Waals surface area (Å²) < 4.78 is 110. The third-order valence-corrected chi connectivity index (χ3v) is 4.95. The highest BCUT2D eigenvalue weighted by molar-refractivity contribution is 6.29. The number of halogens is 9. The Hall–Kier alpha value is -3.21. The van der Waals surface area contributed by atoms with E-state index in [1.807, 2.05) is 0 Å². The lowest BCUT2D eigenvalue weighted by molar-refractivity contribution is -0.142. The number of alkyl halides is 8. The standard InChI is InChI=1S/C22H13ClF8N2O/c23-18-8-6-13(10-32-18)12-5-7-16(17(9-12)22(29,30)31)20(24,25)11-33-19(34)14-3-1-2-4-15(14)21(26,27)28/h1-10H,11H2,(H,33,34). The second kappa shape index (κ2) is 9.21. The summed E-state index contributed by atoms with van der Waals surface area (Å²) in [6.07, 6.45) is -8.97. The number of hydrogen-bond acceptors (Lipinski definition) is 2. The Balaban J connectivity index is 1.91. The van der Waals surface area contributed by atoms with Crippen LogP contribution in [0.5, 0.6) is 0 Å². The van der Waals surface area contributed by atoms with Crippen molar-refractivity contribution in [2.45, 2.75) is 18.3 Å². The van der Waals surface area contributed by atoms with Crippen LogP contribution in [0.2, 0.25) is 5.15 Å². The predicted molar refractivity (Wildman–Crippen MR) is 107 cm³/mol. The zero-order valence-electron chi connectivity index (χ0n) is 16.7. The minimum absolute atomic E-state index is 0.0702. The molecule has 3 aromatic rings. The van der Waals surface area contributed by atoms with E-state index in [0.717, 1.165) is 30.5 Å². The van der Waals surface area contributed by atoms with Crippen molar-refractivity contribution in [2.75, 3.05) is 6.54 Å². The second-order valence-electron chi connectivity index (χ2n) is 7.06. The molecular weight excluding hydrogens is 496 g/mol. The van der Waals surface area contributed by atoms with Gasteiger partial charge < -0.3 is 5.32 Å². The maximum Gasteiger partial charge on any atom is 0.417 e. The molecule has 0 atom stereocenters. The number of aromatic nitrogens is 1. The van der Waals surface area contributed by atoms with E-state index >= 15 is 0 Å². The Morgan fingerprint density at radius 3 is 2.00 bits per heavy atom. The molecule has 34 heavy (non-hydrogen) atoms. The summed E-state index contributed by atoms with van der Waals surface area (Å²) in [5, 5.41) is 1.68. The van der Waals surface area contributed by atoms with Gasteiger partial charge in [0.15, 0.2) is 0 Å². The lowest BCUT2D eigenvalue weighted by atomic mass is 9.95. The van der Waals surface area contributed by atoms with Crippen molar-refractivity contribution in [1.29, 1.82) is 0 Å². The molecule has 0 aliphatic carbocycles. The normalized spacial score (nSPS) is 12.5. The summed E-state index contributed by atoms with van der Waals surface area (Å²) in [6, 6.07) is 8.14. The number of nitrogens with zero attached hydrogens (tertiary/aromatic N) is 1. The fourth-order valence-corrected chi connectivity index (χ4v) is 3.25. The van der Waals surface area contributed by atoms with Crippen LogP contribution in [0.3, 0.4) is 0 Å². The van der Waals surface area contributed by atoms with Crippen LogP contribution < -0.4 is 5.32 Å². The summed E-state index contributed by atoms with van der Waals surface area (Å²) in [7, 11) is 0. The summed E-state index contributed by atoms with van der Waals surface area (Å²) in [6.45, 7) is -1.66. The van der Waals surface area contributed by atoms with Gasteiger partial charge in [0.05, 0.1) is 23.2 Å². The Labute approximate surface area is 192 Å². The van der Waals surface area contributed by atoms with E-state index in [0.29, 0.717) is 18.2 Å². The van der Waals surface area contributed by atoms with Crippen molar-refractivity contribution in [3.05, 3.63) is 88.2 Å². The summed E-state index contributed by atoms with van der Waals surface area (Å²) in [5.41, 5.74) is -5.31. The van der Waals surface area contributed by atoms with Crippen LogP contribution in [-0.4, -0.2) is 17.4 Å². The minimum Gasteiger partial charge on any atom is -0.346 e. The Morgan fingerprint density at radius 2 is 1.41 bits per heavy atom. The monoisotopic (exact) mass is 508 g/mol. The van der Waals surface area contributed by atoms with Gasteiger partial charge in [0, 0.05) is 17.3 Å². The molecule has 0 aliphatic rings. The number of amides is 1. The molecule has 12 heteroatoms. The summed E-state index contributed by atoms with van der Waals surface area (Å²) >= 11 is 5.64. The van der Waals surface area contributed by atoms with Crippen LogP contribution >= 0.6 is 11.6 Å².